The van der Waals surface area contributed by atoms with E-state index in [1.165, 1.54) is 0 Å². The monoisotopic (exact) mass is 327 g/mol. The Labute approximate surface area is 137 Å². The van der Waals surface area contributed by atoms with Gasteiger partial charge in [0.25, 0.3) is 0 Å². The van der Waals surface area contributed by atoms with Crippen LogP contribution in [0.5, 0.6) is 17.2 Å². The molecule has 122 valence electrons. The van der Waals surface area contributed by atoms with Crippen LogP contribution >= 0.6 is 0 Å². The number of carbonyl (C=O) groups is 1. The maximum atomic E-state index is 14.8. The summed E-state index contributed by atoms with van der Waals surface area (Å²) < 4.78 is 31.1. The summed E-state index contributed by atoms with van der Waals surface area (Å²) in [5, 5.41) is 3.15. The van der Waals surface area contributed by atoms with E-state index in [1.807, 2.05) is 0 Å². The Balaban J connectivity index is 1.60. The molecule has 6 heteroatoms. The number of ketones is 1. The van der Waals surface area contributed by atoms with Crippen LogP contribution in [0.3, 0.4) is 0 Å². The van der Waals surface area contributed by atoms with E-state index in [0.29, 0.717) is 40.1 Å². The molecule has 2 aromatic carbocycles. The van der Waals surface area contributed by atoms with Crippen molar-refractivity contribution in [2.45, 2.75) is 25.5 Å². The van der Waals surface area contributed by atoms with Crippen molar-refractivity contribution in [1.82, 2.24) is 0 Å². The Morgan fingerprint density at radius 2 is 1.79 bits per heavy atom. The van der Waals surface area contributed by atoms with Crippen molar-refractivity contribution < 1.29 is 23.4 Å². The lowest BCUT2D eigenvalue weighted by atomic mass is 9.97. The summed E-state index contributed by atoms with van der Waals surface area (Å²) in [5.41, 5.74) is 1.39. The minimum absolute atomic E-state index is 0.000261. The van der Waals surface area contributed by atoms with Crippen LogP contribution in [0.15, 0.2) is 24.3 Å². The van der Waals surface area contributed by atoms with Gasteiger partial charge in [0, 0.05) is 23.2 Å². The number of hydrogen-bond donors (Lipinski definition) is 1. The number of ether oxygens (including phenoxy) is 3. The molecular formula is C18H14FNO4. The Bertz CT molecular complexity index is 876. The van der Waals surface area contributed by atoms with E-state index in [1.54, 1.807) is 24.3 Å². The summed E-state index contributed by atoms with van der Waals surface area (Å²) in [6.45, 7) is 0.119. The quantitative estimate of drug-likeness (QED) is 0.917. The van der Waals surface area contributed by atoms with Gasteiger partial charge in [-0.2, -0.15) is 0 Å². The van der Waals surface area contributed by atoms with Gasteiger partial charge >= 0.3 is 0 Å². The molecular weight excluding hydrogens is 313 g/mol. The third-order valence-corrected chi connectivity index (χ3v) is 4.52. The lowest BCUT2D eigenvalue weighted by Gasteiger charge is -2.12. The number of hydrogen-bond acceptors (Lipinski definition) is 5. The topological polar surface area (TPSA) is 56.8 Å². The van der Waals surface area contributed by atoms with Crippen molar-refractivity contribution >= 4 is 11.5 Å². The molecule has 0 radical (unpaired) electrons. The van der Waals surface area contributed by atoms with E-state index in [0.717, 1.165) is 12.8 Å². The summed E-state index contributed by atoms with van der Waals surface area (Å²) in [4.78, 5) is 12.9. The van der Waals surface area contributed by atoms with Gasteiger partial charge in [0.15, 0.2) is 23.1 Å². The van der Waals surface area contributed by atoms with Crippen LogP contribution in [0.25, 0.3) is 0 Å². The summed E-state index contributed by atoms with van der Waals surface area (Å²) in [6.07, 6.45) is 2.09. The molecule has 2 aliphatic heterocycles. The van der Waals surface area contributed by atoms with Crippen LogP contribution in [0, 0.1) is 5.82 Å². The normalized spacial score (nSPS) is 17.6. The average molecular weight is 327 g/mol. The van der Waals surface area contributed by atoms with Gasteiger partial charge in [-0.3, -0.25) is 4.79 Å². The van der Waals surface area contributed by atoms with Gasteiger partial charge in [-0.1, -0.05) is 0 Å². The van der Waals surface area contributed by atoms with Gasteiger partial charge in [-0.05, 0) is 31.0 Å². The zero-order valence-electron chi connectivity index (χ0n) is 12.7. The van der Waals surface area contributed by atoms with Gasteiger partial charge < -0.3 is 19.5 Å². The highest BCUT2D eigenvalue weighted by molar-refractivity contribution is 6.12. The molecule has 3 aliphatic rings. The molecule has 0 saturated heterocycles. The molecule has 1 saturated carbocycles. The number of benzene rings is 2. The first-order valence-electron chi connectivity index (χ1n) is 7.90. The van der Waals surface area contributed by atoms with Crippen LogP contribution < -0.4 is 19.5 Å². The van der Waals surface area contributed by atoms with Gasteiger partial charge in [-0.15, -0.1) is 0 Å². The fourth-order valence-electron chi connectivity index (χ4n) is 3.05. The minimum Gasteiger partial charge on any atom is -0.488 e. The summed E-state index contributed by atoms with van der Waals surface area (Å²) in [6, 6.07) is 6.84. The number of anilines is 1. The molecule has 0 unspecified atom stereocenters. The highest BCUT2D eigenvalue weighted by atomic mass is 19.1. The number of nitrogens with one attached hydrogen (secondary N) is 1. The van der Waals surface area contributed by atoms with Crippen LogP contribution in [0.4, 0.5) is 10.1 Å². The Morgan fingerprint density at radius 1 is 1.00 bits per heavy atom. The SMILES string of the molecule is O=C1c2cc3c(cc2OCc2c1ccc(NC1CC1)c2F)OCO3. The molecule has 2 aromatic rings. The third-order valence-electron chi connectivity index (χ3n) is 4.52. The zero-order valence-corrected chi connectivity index (χ0v) is 12.7. The molecule has 0 aromatic heterocycles. The first kappa shape index (κ1) is 13.7. The standard InChI is InChI=1S/C18H14FNO4/c19-17-12-7-22-14-6-16-15(23-8-24-16)5-11(14)18(21)10(12)3-4-13(17)20-9-1-2-9/h3-6,9,20H,1-2,7-8H2. The molecule has 0 atom stereocenters. The van der Waals surface area contributed by atoms with Crippen LogP contribution in [0.1, 0.15) is 34.3 Å². The minimum atomic E-state index is -0.416. The van der Waals surface area contributed by atoms with E-state index in [9.17, 15) is 9.18 Å². The average Bonchev–Trinajstić information content (AvgIpc) is 3.30. The first-order valence-corrected chi connectivity index (χ1v) is 7.90. The number of carbonyl (C=O) groups excluding carboxylic acids is 1. The van der Waals surface area contributed by atoms with Crippen molar-refractivity contribution in [2.24, 2.45) is 0 Å². The van der Waals surface area contributed by atoms with Crippen molar-refractivity contribution in [2.75, 3.05) is 12.1 Å². The van der Waals surface area contributed by atoms with E-state index in [-0.39, 0.29) is 24.7 Å². The van der Waals surface area contributed by atoms with Crippen molar-refractivity contribution in [3.63, 3.8) is 0 Å². The van der Waals surface area contributed by atoms with Gasteiger partial charge in [0.2, 0.25) is 6.79 Å². The van der Waals surface area contributed by atoms with Crippen molar-refractivity contribution in [3.8, 4) is 17.2 Å². The highest BCUT2D eigenvalue weighted by Crippen LogP contribution is 2.41. The van der Waals surface area contributed by atoms with Gasteiger partial charge in [0.05, 0.1) is 11.3 Å². The molecule has 1 aliphatic carbocycles. The Morgan fingerprint density at radius 3 is 2.58 bits per heavy atom. The molecule has 5 nitrogen and oxygen atoms in total. The maximum absolute atomic E-state index is 14.8. The van der Waals surface area contributed by atoms with E-state index in [4.69, 9.17) is 14.2 Å². The van der Waals surface area contributed by atoms with E-state index >= 15 is 0 Å². The lowest BCUT2D eigenvalue weighted by Crippen LogP contribution is -2.10. The van der Waals surface area contributed by atoms with E-state index in [2.05, 4.69) is 5.32 Å². The summed E-state index contributed by atoms with van der Waals surface area (Å²) in [7, 11) is 0. The molecule has 5 rings (SSSR count). The number of halogens is 1. The first-order chi connectivity index (χ1) is 11.7. The largest absolute Gasteiger partial charge is 0.488 e. The Hall–Kier alpha value is -2.76. The number of rotatable bonds is 2. The second-order valence-corrected chi connectivity index (χ2v) is 6.19. The molecule has 0 amide bonds. The van der Waals surface area contributed by atoms with Gasteiger partial charge in [0.1, 0.15) is 12.4 Å². The molecule has 0 spiro atoms. The predicted octanol–water partition coefficient (Wildman–Crippen LogP) is 3.25. The second kappa shape index (κ2) is 4.87. The molecule has 2 heterocycles. The maximum Gasteiger partial charge on any atom is 0.231 e. The third kappa shape index (κ3) is 2.02. The molecule has 0 bridgehead atoms. The zero-order chi connectivity index (χ0) is 16.3. The second-order valence-electron chi connectivity index (χ2n) is 6.19. The fourth-order valence-corrected chi connectivity index (χ4v) is 3.05. The number of fused-ring (bicyclic) bond motifs is 3. The molecule has 24 heavy (non-hydrogen) atoms. The van der Waals surface area contributed by atoms with Gasteiger partial charge in [-0.25, -0.2) is 4.39 Å². The summed E-state index contributed by atoms with van der Waals surface area (Å²) >= 11 is 0. The van der Waals surface area contributed by atoms with Crippen molar-refractivity contribution in [3.05, 3.63) is 46.8 Å². The van der Waals surface area contributed by atoms with Crippen LogP contribution in [-0.2, 0) is 6.61 Å². The lowest BCUT2D eigenvalue weighted by molar-refractivity contribution is 0.103. The van der Waals surface area contributed by atoms with E-state index < -0.39 is 5.82 Å². The smallest absolute Gasteiger partial charge is 0.231 e. The summed E-state index contributed by atoms with van der Waals surface area (Å²) in [5.74, 6) is 0.732. The molecule has 1 fully saturated rings. The predicted molar refractivity (Wildman–Crippen MR) is 83.4 cm³/mol. The fraction of sp³-hybridized carbons (Fsp3) is 0.278. The van der Waals surface area contributed by atoms with Crippen LogP contribution in [0.2, 0.25) is 0 Å². The molecule has 1 N–H and O–H groups in total. The highest BCUT2D eigenvalue weighted by Gasteiger charge is 2.30. The van der Waals surface area contributed by atoms with Crippen molar-refractivity contribution in [1.29, 1.82) is 0 Å². The Kier molecular flexibility index (Phi) is 2.77. The van der Waals surface area contributed by atoms with Crippen LogP contribution in [-0.4, -0.2) is 18.6 Å².